The zero-order valence-corrected chi connectivity index (χ0v) is 14.2. The monoisotopic (exact) mass is 363 g/mol. The maximum atomic E-state index is 11.6. The number of aliphatic carboxylic acids is 1. The van der Waals surface area contributed by atoms with Gasteiger partial charge in [0.15, 0.2) is 0 Å². The zero-order valence-electron chi connectivity index (χ0n) is 13.3. The first-order chi connectivity index (χ1) is 11.3. The molecule has 0 bridgehead atoms. The van der Waals surface area contributed by atoms with Crippen molar-refractivity contribution in [2.45, 2.75) is 31.3 Å². The number of thiol groups is 1. The predicted molar refractivity (Wildman–Crippen MR) is 90.3 cm³/mol. The van der Waals surface area contributed by atoms with E-state index in [-0.39, 0.29) is 12.3 Å². The molecule has 0 radical (unpaired) electrons. The molecule has 0 aliphatic carbocycles. The van der Waals surface area contributed by atoms with E-state index < -0.39 is 42.3 Å². The lowest BCUT2D eigenvalue weighted by Crippen LogP contribution is -2.49. The Morgan fingerprint density at radius 2 is 1.67 bits per heavy atom. The van der Waals surface area contributed by atoms with Crippen LogP contribution in [0.15, 0.2) is 0 Å². The van der Waals surface area contributed by atoms with Crippen LogP contribution in [-0.2, 0) is 19.2 Å². The third kappa shape index (κ3) is 10.0. The number of hydrogen-bond donors (Lipinski definition) is 7. The molecule has 0 heterocycles. The molecule has 0 aromatic heterocycles. The van der Waals surface area contributed by atoms with E-state index in [1.54, 1.807) is 0 Å². The van der Waals surface area contributed by atoms with Gasteiger partial charge in [0.2, 0.25) is 17.7 Å². The Balaban J connectivity index is 3.99. The average molecular weight is 363 g/mol. The molecule has 11 heteroatoms. The molecule has 0 rings (SSSR count). The fourth-order valence-electron chi connectivity index (χ4n) is 1.61. The Kier molecular flexibility index (Phi) is 11.6. The van der Waals surface area contributed by atoms with Gasteiger partial charge in [-0.15, -0.1) is 0 Å². The van der Waals surface area contributed by atoms with Crippen LogP contribution in [0.4, 0.5) is 0 Å². The first-order valence-electron chi connectivity index (χ1n) is 7.44. The molecule has 0 spiro atoms. The van der Waals surface area contributed by atoms with Crippen molar-refractivity contribution in [2.75, 3.05) is 25.4 Å². The maximum Gasteiger partial charge on any atom is 0.327 e. The van der Waals surface area contributed by atoms with Crippen LogP contribution in [0.1, 0.15) is 19.3 Å². The number of rotatable bonds is 12. The molecule has 0 saturated carbocycles. The number of carbonyl (C=O) groups excluding carboxylic acids is 3. The summed E-state index contributed by atoms with van der Waals surface area (Å²) in [6, 6.07) is -1.86. The molecule has 0 aromatic carbocycles. The predicted octanol–water partition coefficient (Wildman–Crippen LogP) is -2.83. The van der Waals surface area contributed by atoms with Crippen molar-refractivity contribution in [1.29, 1.82) is 0 Å². The van der Waals surface area contributed by atoms with Crippen molar-refractivity contribution in [1.82, 2.24) is 16.0 Å². The van der Waals surface area contributed by atoms with E-state index in [4.69, 9.17) is 16.6 Å². The quantitative estimate of drug-likeness (QED) is 0.144. The minimum Gasteiger partial charge on any atom is -0.480 e. The molecular formula is C13H25N5O5S. The van der Waals surface area contributed by atoms with E-state index in [9.17, 15) is 19.2 Å². The van der Waals surface area contributed by atoms with Gasteiger partial charge in [-0.3, -0.25) is 14.4 Å². The van der Waals surface area contributed by atoms with Gasteiger partial charge in [0.25, 0.3) is 0 Å². The zero-order chi connectivity index (χ0) is 18.5. The van der Waals surface area contributed by atoms with Gasteiger partial charge in [0.05, 0.1) is 19.1 Å². The fraction of sp³-hybridized carbons (Fsp3) is 0.692. The van der Waals surface area contributed by atoms with Gasteiger partial charge >= 0.3 is 5.97 Å². The van der Waals surface area contributed by atoms with E-state index >= 15 is 0 Å². The van der Waals surface area contributed by atoms with E-state index in [1.807, 2.05) is 0 Å². The number of nitrogens with one attached hydrogen (secondary N) is 3. The second kappa shape index (κ2) is 12.6. The highest BCUT2D eigenvalue weighted by atomic mass is 32.1. The third-order valence-corrected chi connectivity index (χ3v) is 3.36. The number of hydrogen-bond acceptors (Lipinski definition) is 7. The van der Waals surface area contributed by atoms with Gasteiger partial charge in [-0.25, -0.2) is 4.79 Å². The van der Waals surface area contributed by atoms with Crippen molar-refractivity contribution in [2.24, 2.45) is 11.5 Å². The summed E-state index contributed by atoms with van der Waals surface area (Å²) < 4.78 is 0. The summed E-state index contributed by atoms with van der Waals surface area (Å²) in [5.41, 5.74) is 11.0. The molecule has 24 heavy (non-hydrogen) atoms. The number of carboxylic acid groups (broad SMARTS) is 1. The van der Waals surface area contributed by atoms with Crippen molar-refractivity contribution in [3.63, 3.8) is 0 Å². The Morgan fingerprint density at radius 1 is 1.04 bits per heavy atom. The highest BCUT2D eigenvalue weighted by Gasteiger charge is 2.18. The van der Waals surface area contributed by atoms with E-state index in [0.717, 1.165) is 6.42 Å². The van der Waals surface area contributed by atoms with Crippen LogP contribution in [0.2, 0.25) is 0 Å². The summed E-state index contributed by atoms with van der Waals surface area (Å²) >= 11 is 3.79. The average Bonchev–Trinajstić information content (AvgIpc) is 2.55. The Morgan fingerprint density at radius 3 is 2.21 bits per heavy atom. The van der Waals surface area contributed by atoms with Crippen LogP contribution in [0.3, 0.4) is 0 Å². The molecular weight excluding hydrogens is 338 g/mol. The van der Waals surface area contributed by atoms with Gasteiger partial charge < -0.3 is 32.5 Å². The number of carboxylic acids is 1. The molecule has 0 aromatic rings. The van der Waals surface area contributed by atoms with Crippen LogP contribution in [-0.4, -0.2) is 66.3 Å². The Bertz CT molecular complexity index is 448. The minimum absolute atomic E-state index is 0.0763. The smallest absolute Gasteiger partial charge is 0.327 e. The first kappa shape index (κ1) is 22.1. The normalized spacial score (nSPS) is 12.8. The number of carbonyl (C=O) groups is 4. The SMILES string of the molecule is NCCCCC(N)C(=O)NCC(=O)NCC(=O)NC(CS)C(=O)O. The molecule has 0 aliphatic rings. The Hall–Kier alpha value is -1.85. The lowest BCUT2D eigenvalue weighted by Gasteiger charge is -2.13. The van der Waals surface area contributed by atoms with Crippen LogP contribution in [0, 0.1) is 0 Å². The molecule has 0 saturated heterocycles. The van der Waals surface area contributed by atoms with Crippen molar-refractivity contribution < 1.29 is 24.3 Å². The standard InChI is InChI=1S/C13H25N5O5S/c14-4-2-1-3-8(15)12(21)17-5-10(19)16-6-11(20)18-9(7-24)13(22)23/h8-9,24H,1-7,14-15H2,(H,16,19)(H,17,21)(H,18,20)(H,22,23). The minimum atomic E-state index is -1.22. The summed E-state index contributed by atoms with van der Waals surface area (Å²) in [7, 11) is 0. The summed E-state index contributed by atoms with van der Waals surface area (Å²) in [4.78, 5) is 45.4. The lowest BCUT2D eigenvalue weighted by molar-refractivity contribution is -0.141. The molecule has 0 aliphatic heterocycles. The number of unbranched alkanes of at least 4 members (excludes halogenated alkanes) is 1. The van der Waals surface area contributed by atoms with Crippen LogP contribution >= 0.6 is 12.6 Å². The van der Waals surface area contributed by atoms with Gasteiger partial charge in [-0.05, 0) is 19.4 Å². The second-order valence-corrected chi connectivity index (χ2v) is 5.39. The first-order valence-corrected chi connectivity index (χ1v) is 8.08. The number of amides is 3. The molecule has 2 atom stereocenters. The second-order valence-electron chi connectivity index (χ2n) is 5.03. The molecule has 10 nitrogen and oxygen atoms in total. The van der Waals surface area contributed by atoms with E-state index in [0.29, 0.717) is 19.4 Å². The summed E-state index contributed by atoms with van der Waals surface area (Å²) in [5.74, 6) is -3.03. The van der Waals surface area contributed by atoms with Crippen molar-refractivity contribution in [3.05, 3.63) is 0 Å². The maximum absolute atomic E-state index is 11.6. The molecule has 2 unspecified atom stereocenters. The molecule has 0 fully saturated rings. The molecule has 138 valence electrons. The van der Waals surface area contributed by atoms with Gasteiger partial charge in [-0.1, -0.05) is 6.42 Å². The fourth-order valence-corrected chi connectivity index (χ4v) is 1.86. The highest BCUT2D eigenvalue weighted by molar-refractivity contribution is 7.80. The summed E-state index contributed by atoms with van der Waals surface area (Å²) in [5, 5.41) is 15.6. The van der Waals surface area contributed by atoms with Gasteiger partial charge in [0, 0.05) is 5.75 Å². The largest absolute Gasteiger partial charge is 0.480 e. The van der Waals surface area contributed by atoms with Crippen LogP contribution < -0.4 is 27.4 Å². The highest BCUT2D eigenvalue weighted by Crippen LogP contribution is 1.97. The van der Waals surface area contributed by atoms with E-state index in [2.05, 4.69) is 28.6 Å². The number of nitrogens with two attached hydrogens (primary N) is 2. The van der Waals surface area contributed by atoms with Crippen molar-refractivity contribution >= 4 is 36.3 Å². The third-order valence-electron chi connectivity index (χ3n) is 2.99. The Labute approximate surface area is 145 Å². The summed E-state index contributed by atoms with van der Waals surface area (Å²) in [6.45, 7) is -0.213. The van der Waals surface area contributed by atoms with Gasteiger partial charge in [-0.2, -0.15) is 12.6 Å². The van der Waals surface area contributed by atoms with E-state index in [1.165, 1.54) is 0 Å². The van der Waals surface area contributed by atoms with Gasteiger partial charge in [0.1, 0.15) is 6.04 Å². The summed E-state index contributed by atoms with van der Waals surface area (Å²) in [6.07, 6.45) is 1.95. The molecule has 8 N–H and O–H groups in total. The van der Waals surface area contributed by atoms with Crippen molar-refractivity contribution in [3.8, 4) is 0 Å². The topological polar surface area (TPSA) is 177 Å². The van der Waals surface area contributed by atoms with Crippen LogP contribution in [0.25, 0.3) is 0 Å². The van der Waals surface area contributed by atoms with Crippen LogP contribution in [0.5, 0.6) is 0 Å². The molecule has 3 amide bonds. The lowest BCUT2D eigenvalue weighted by atomic mass is 10.1.